The zero-order valence-electron chi connectivity index (χ0n) is 10.3. The highest BCUT2D eigenvalue weighted by Gasteiger charge is 2.27. The molecule has 1 fully saturated rings. The number of nitrogens with one attached hydrogen (secondary N) is 1. The lowest BCUT2D eigenvalue weighted by Crippen LogP contribution is -2.52. The molecule has 18 heavy (non-hydrogen) atoms. The van der Waals surface area contributed by atoms with Crippen LogP contribution in [0, 0.1) is 0 Å². The van der Waals surface area contributed by atoms with E-state index in [2.05, 4.69) is 5.32 Å². The topological polar surface area (TPSA) is 104 Å². The molecule has 8 heteroatoms. The van der Waals surface area contributed by atoms with Crippen LogP contribution < -0.4 is 5.32 Å². The van der Waals surface area contributed by atoms with Crippen LogP contribution in [0.1, 0.15) is 19.8 Å². The standard InChI is InChI=1S/C10H18N2O5S/c1-2-3-8(9(13)14)11-10(15)12-4-6-18(16,17)7-5-12/h8H,2-7H2,1H3,(H,11,15)(H,13,14). The first-order valence-corrected chi connectivity index (χ1v) is 7.66. The van der Waals surface area contributed by atoms with Crippen LogP contribution in [0.5, 0.6) is 0 Å². The molecule has 1 atom stereocenters. The quantitative estimate of drug-likeness (QED) is 0.733. The van der Waals surface area contributed by atoms with Crippen LogP contribution >= 0.6 is 0 Å². The molecule has 0 spiro atoms. The van der Waals surface area contributed by atoms with Crippen molar-refractivity contribution in [2.75, 3.05) is 24.6 Å². The molecule has 0 saturated carbocycles. The number of hydrogen-bond donors (Lipinski definition) is 2. The van der Waals surface area contributed by atoms with Gasteiger partial charge in [0.15, 0.2) is 9.84 Å². The number of amides is 2. The van der Waals surface area contributed by atoms with E-state index in [0.717, 1.165) is 0 Å². The summed E-state index contributed by atoms with van der Waals surface area (Å²) in [6, 6.07) is -1.42. The molecule has 1 saturated heterocycles. The lowest BCUT2D eigenvalue weighted by molar-refractivity contribution is -0.139. The maximum atomic E-state index is 11.8. The fourth-order valence-corrected chi connectivity index (χ4v) is 2.90. The lowest BCUT2D eigenvalue weighted by Gasteiger charge is -2.28. The molecule has 0 aromatic rings. The van der Waals surface area contributed by atoms with Gasteiger partial charge in [-0.2, -0.15) is 0 Å². The third-order valence-corrected chi connectivity index (χ3v) is 4.41. The normalized spacial score (nSPS) is 20.2. The van der Waals surface area contributed by atoms with Gasteiger partial charge in [0, 0.05) is 13.1 Å². The molecule has 0 radical (unpaired) electrons. The van der Waals surface area contributed by atoms with Gasteiger partial charge in [0.25, 0.3) is 0 Å². The average molecular weight is 278 g/mol. The van der Waals surface area contributed by atoms with Gasteiger partial charge in [0.05, 0.1) is 11.5 Å². The van der Waals surface area contributed by atoms with E-state index in [9.17, 15) is 18.0 Å². The van der Waals surface area contributed by atoms with Crippen molar-refractivity contribution in [2.45, 2.75) is 25.8 Å². The zero-order valence-corrected chi connectivity index (χ0v) is 11.1. The van der Waals surface area contributed by atoms with Crippen molar-refractivity contribution in [2.24, 2.45) is 0 Å². The Hall–Kier alpha value is -1.31. The predicted octanol–water partition coefficient (Wildman–Crippen LogP) is -0.320. The van der Waals surface area contributed by atoms with Crippen molar-refractivity contribution in [3.63, 3.8) is 0 Å². The second kappa shape index (κ2) is 6.03. The second-order valence-electron chi connectivity index (χ2n) is 4.27. The fourth-order valence-electron chi connectivity index (χ4n) is 1.70. The summed E-state index contributed by atoms with van der Waals surface area (Å²) < 4.78 is 22.4. The number of aliphatic carboxylic acids is 1. The number of sulfone groups is 1. The van der Waals surface area contributed by atoms with Gasteiger partial charge in [-0.1, -0.05) is 13.3 Å². The number of carboxylic acid groups (broad SMARTS) is 1. The third kappa shape index (κ3) is 4.17. The minimum Gasteiger partial charge on any atom is -0.480 e. The molecule has 0 aromatic carbocycles. The summed E-state index contributed by atoms with van der Waals surface area (Å²) in [5.74, 6) is -1.20. The molecular weight excluding hydrogens is 260 g/mol. The van der Waals surface area contributed by atoms with Gasteiger partial charge in [0.2, 0.25) is 0 Å². The maximum Gasteiger partial charge on any atom is 0.326 e. The van der Waals surface area contributed by atoms with Gasteiger partial charge < -0.3 is 15.3 Å². The third-order valence-electron chi connectivity index (χ3n) is 2.80. The minimum absolute atomic E-state index is 0.0636. The number of urea groups is 1. The van der Waals surface area contributed by atoms with E-state index in [1.807, 2.05) is 6.92 Å². The maximum absolute atomic E-state index is 11.8. The number of carbonyl (C=O) groups is 2. The van der Waals surface area contributed by atoms with E-state index in [1.54, 1.807) is 0 Å². The Morgan fingerprint density at radius 1 is 1.33 bits per heavy atom. The van der Waals surface area contributed by atoms with Gasteiger partial charge in [-0.15, -0.1) is 0 Å². The summed E-state index contributed by atoms with van der Waals surface area (Å²) in [6.07, 6.45) is 0.999. The van der Waals surface area contributed by atoms with E-state index in [1.165, 1.54) is 4.90 Å². The molecular formula is C10H18N2O5S. The smallest absolute Gasteiger partial charge is 0.326 e. The van der Waals surface area contributed by atoms with Gasteiger partial charge >= 0.3 is 12.0 Å². The van der Waals surface area contributed by atoms with E-state index < -0.39 is 27.9 Å². The second-order valence-corrected chi connectivity index (χ2v) is 6.57. The highest BCUT2D eigenvalue weighted by molar-refractivity contribution is 7.91. The summed E-state index contributed by atoms with van der Waals surface area (Å²) >= 11 is 0. The van der Waals surface area contributed by atoms with E-state index in [4.69, 9.17) is 5.11 Å². The molecule has 0 aliphatic carbocycles. The van der Waals surface area contributed by atoms with Crippen molar-refractivity contribution in [3.05, 3.63) is 0 Å². The first-order valence-electron chi connectivity index (χ1n) is 5.84. The highest BCUT2D eigenvalue weighted by atomic mass is 32.2. The molecule has 1 aliphatic heterocycles. The Kier molecular flexibility index (Phi) is 4.94. The Balaban J connectivity index is 2.52. The van der Waals surface area contributed by atoms with Crippen LogP contribution in [0.3, 0.4) is 0 Å². The SMILES string of the molecule is CCCC(NC(=O)N1CCS(=O)(=O)CC1)C(=O)O. The first kappa shape index (κ1) is 14.7. The first-order chi connectivity index (χ1) is 8.35. The summed E-state index contributed by atoms with van der Waals surface area (Å²) in [7, 11) is -3.04. The number of nitrogens with zero attached hydrogens (tertiary/aromatic N) is 1. The van der Waals surface area contributed by atoms with Gasteiger partial charge in [-0.25, -0.2) is 18.0 Å². The average Bonchev–Trinajstić information content (AvgIpc) is 2.28. The van der Waals surface area contributed by atoms with Crippen LogP contribution in [0.2, 0.25) is 0 Å². The van der Waals surface area contributed by atoms with Crippen molar-refractivity contribution in [1.29, 1.82) is 0 Å². The molecule has 1 aliphatic rings. The van der Waals surface area contributed by atoms with Crippen molar-refractivity contribution < 1.29 is 23.1 Å². The Morgan fingerprint density at radius 3 is 2.33 bits per heavy atom. The number of rotatable bonds is 4. The van der Waals surface area contributed by atoms with Gasteiger partial charge in [-0.3, -0.25) is 0 Å². The minimum atomic E-state index is -3.04. The summed E-state index contributed by atoms with van der Waals surface area (Å²) in [6.45, 7) is 2.06. The van der Waals surface area contributed by atoms with Crippen LogP contribution in [0.25, 0.3) is 0 Å². The van der Waals surface area contributed by atoms with Gasteiger partial charge in [-0.05, 0) is 6.42 Å². The number of hydrogen-bond acceptors (Lipinski definition) is 4. The van der Waals surface area contributed by atoms with Crippen LogP contribution in [-0.4, -0.2) is 61.1 Å². The zero-order chi connectivity index (χ0) is 13.8. The van der Waals surface area contributed by atoms with E-state index >= 15 is 0 Å². The lowest BCUT2D eigenvalue weighted by atomic mass is 10.2. The van der Waals surface area contributed by atoms with E-state index in [0.29, 0.717) is 12.8 Å². The van der Waals surface area contributed by atoms with Crippen LogP contribution in [-0.2, 0) is 14.6 Å². The van der Waals surface area contributed by atoms with Crippen LogP contribution in [0.15, 0.2) is 0 Å². The monoisotopic (exact) mass is 278 g/mol. The largest absolute Gasteiger partial charge is 0.480 e. The van der Waals surface area contributed by atoms with Crippen LogP contribution in [0.4, 0.5) is 4.79 Å². The molecule has 0 bridgehead atoms. The number of carbonyl (C=O) groups excluding carboxylic acids is 1. The summed E-state index contributed by atoms with van der Waals surface area (Å²) in [4.78, 5) is 24.0. The molecule has 2 amide bonds. The predicted molar refractivity (Wildman–Crippen MR) is 65.1 cm³/mol. The molecule has 1 heterocycles. The van der Waals surface area contributed by atoms with Crippen molar-refractivity contribution >= 4 is 21.8 Å². The Labute approximate surface area is 106 Å². The van der Waals surface area contributed by atoms with Crippen molar-refractivity contribution in [3.8, 4) is 0 Å². The molecule has 7 nitrogen and oxygen atoms in total. The Morgan fingerprint density at radius 2 is 1.89 bits per heavy atom. The molecule has 2 N–H and O–H groups in total. The molecule has 104 valence electrons. The summed E-state index contributed by atoms with van der Waals surface area (Å²) in [5, 5.41) is 11.3. The number of carboxylic acids is 1. The van der Waals surface area contributed by atoms with E-state index in [-0.39, 0.29) is 24.6 Å². The van der Waals surface area contributed by atoms with Crippen molar-refractivity contribution in [1.82, 2.24) is 10.2 Å². The highest BCUT2D eigenvalue weighted by Crippen LogP contribution is 2.05. The van der Waals surface area contributed by atoms with Gasteiger partial charge in [0.1, 0.15) is 6.04 Å². The molecule has 1 unspecified atom stereocenters. The molecule has 1 rings (SSSR count). The Bertz CT molecular complexity index is 406. The molecule has 0 aromatic heterocycles. The summed E-state index contributed by atoms with van der Waals surface area (Å²) in [5.41, 5.74) is 0. The fraction of sp³-hybridized carbons (Fsp3) is 0.800.